The third-order valence-corrected chi connectivity index (χ3v) is 4.72. The van der Waals surface area contributed by atoms with Crippen molar-refractivity contribution in [3.8, 4) is 5.75 Å². The van der Waals surface area contributed by atoms with Crippen molar-refractivity contribution in [1.82, 2.24) is 10.2 Å². The molecule has 0 bridgehead atoms. The summed E-state index contributed by atoms with van der Waals surface area (Å²) < 4.78 is 19.8. The van der Waals surface area contributed by atoms with Crippen LogP contribution in [0.1, 0.15) is 37.3 Å². The number of rotatable bonds is 1. The van der Waals surface area contributed by atoms with Crippen LogP contribution >= 0.6 is 0 Å². The SMILES string of the molecule is CNC1CC2(CCCN(C)CC2)Oc2cc(F)ccc21. The highest BCUT2D eigenvalue weighted by Crippen LogP contribution is 2.44. The molecule has 2 unspecified atom stereocenters. The van der Waals surface area contributed by atoms with Gasteiger partial charge in [-0.1, -0.05) is 6.07 Å². The van der Waals surface area contributed by atoms with Gasteiger partial charge in [0.1, 0.15) is 17.2 Å². The van der Waals surface area contributed by atoms with Crippen molar-refractivity contribution in [3.05, 3.63) is 29.6 Å². The van der Waals surface area contributed by atoms with Gasteiger partial charge in [-0.15, -0.1) is 0 Å². The summed E-state index contributed by atoms with van der Waals surface area (Å²) in [4.78, 5) is 2.35. The van der Waals surface area contributed by atoms with Crippen molar-refractivity contribution >= 4 is 0 Å². The summed E-state index contributed by atoms with van der Waals surface area (Å²) in [7, 11) is 4.13. The molecule has 2 atom stereocenters. The molecule has 0 aromatic heterocycles. The van der Waals surface area contributed by atoms with Crippen LogP contribution < -0.4 is 10.1 Å². The number of halogens is 1. The Hall–Kier alpha value is -1.13. The van der Waals surface area contributed by atoms with Crippen molar-refractivity contribution in [2.45, 2.75) is 37.3 Å². The summed E-state index contributed by atoms with van der Waals surface area (Å²) in [5, 5.41) is 3.37. The Labute approximate surface area is 120 Å². The number of fused-ring (bicyclic) bond motifs is 1. The first kappa shape index (κ1) is 13.8. The first-order valence-electron chi connectivity index (χ1n) is 7.46. The number of hydrogen-bond donors (Lipinski definition) is 1. The molecule has 0 aliphatic carbocycles. The van der Waals surface area contributed by atoms with Gasteiger partial charge >= 0.3 is 0 Å². The lowest BCUT2D eigenvalue weighted by Crippen LogP contribution is -2.44. The number of benzene rings is 1. The van der Waals surface area contributed by atoms with Gasteiger partial charge in [-0.25, -0.2) is 4.39 Å². The zero-order valence-corrected chi connectivity index (χ0v) is 12.3. The third kappa shape index (κ3) is 2.54. The minimum absolute atomic E-state index is 0.140. The Bertz CT molecular complexity index is 493. The normalized spacial score (nSPS) is 30.6. The van der Waals surface area contributed by atoms with Gasteiger partial charge in [0.2, 0.25) is 0 Å². The van der Waals surface area contributed by atoms with Crippen LogP contribution in [0.3, 0.4) is 0 Å². The molecule has 1 aromatic carbocycles. The van der Waals surface area contributed by atoms with Crippen molar-refractivity contribution in [2.75, 3.05) is 27.2 Å². The summed E-state index contributed by atoms with van der Waals surface area (Å²) in [6, 6.07) is 5.16. The fourth-order valence-corrected chi connectivity index (χ4v) is 3.51. The highest BCUT2D eigenvalue weighted by atomic mass is 19.1. The van der Waals surface area contributed by atoms with Crippen LogP contribution in [0, 0.1) is 5.82 Å². The van der Waals surface area contributed by atoms with Gasteiger partial charge in [0.25, 0.3) is 0 Å². The quantitative estimate of drug-likeness (QED) is 0.855. The Morgan fingerprint density at radius 1 is 1.35 bits per heavy atom. The van der Waals surface area contributed by atoms with E-state index in [4.69, 9.17) is 4.74 Å². The number of hydrogen-bond acceptors (Lipinski definition) is 3. The molecule has 2 aliphatic heterocycles. The topological polar surface area (TPSA) is 24.5 Å². The van der Waals surface area contributed by atoms with Crippen molar-refractivity contribution in [3.63, 3.8) is 0 Å². The molecule has 1 N–H and O–H groups in total. The van der Waals surface area contributed by atoms with Crippen LogP contribution in [0.2, 0.25) is 0 Å². The number of likely N-dealkylation sites (tertiary alicyclic amines) is 1. The average Bonchev–Trinajstić information content (AvgIpc) is 2.60. The van der Waals surface area contributed by atoms with Gasteiger partial charge in [-0.05, 0) is 46.0 Å². The minimum Gasteiger partial charge on any atom is -0.487 e. The summed E-state index contributed by atoms with van der Waals surface area (Å²) >= 11 is 0. The minimum atomic E-state index is -0.221. The first-order valence-corrected chi connectivity index (χ1v) is 7.46. The largest absolute Gasteiger partial charge is 0.487 e. The van der Waals surface area contributed by atoms with Crippen LogP contribution in [0.5, 0.6) is 5.75 Å². The van der Waals surface area contributed by atoms with Crippen molar-refractivity contribution in [1.29, 1.82) is 0 Å². The predicted molar refractivity (Wildman–Crippen MR) is 77.5 cm³/mol. The molecule has 1 spiro atoms. The lowest BCUT2D eigenvalue weighted by molar-refractivity contribution is 0.0178. The van der Waals surface area contributed by atoms with Crippen LogP contribution in [0.4, 0.5) is 4.39 Å². The van der Waals surface area contributed by atoms with Gasteiger partial charge in [0.05, 0.1) is 0 Å². The van der Waals surface area contributed by atoms with E-state index in [9.17, 15) is 4.39 Å². The van der Waals surface area contributed by atoms with Crippen LogP contribution in [-0.2, 0) is 0 Å². The molecule has 2 aliphatic rings. The van der Waals surface area contributed by atoms with E-state index in [2.05, 4.69) is 17.3 Å². The van der Waals surface area contributed by atoms with E-state index in [1.54, 1.807) is 0 Å². The Morgan fingerprint density at radius 2 is 2.20 bits per heavy atom. The van der Waals surface area contributed by atoms with Crippen molar-refractivity contribution in [2.24, 2.45) is 0 Å². The summed E-state index contributed by atoms with van der Waals surface area (Å²) in [6.45, 7) is 2.16. The zero-order valence-electron chi connectivity index (χ0n) is 12.3. The molecule has 20 heavy (non-hydrogen) atoms. The van der Waals surface area contributed by atoms with Gasteiger partial charge < -0.3 is 15.0 Å². The molecule has 2 heterocycles. The molecule has 0 amide bonds. The van der Waals surface area contributed by atoms with Crippen LogP contribution in [-0.4, -0.2) is 37.7 Å². The molecule has 3 nitrogen and oxygen atoms in total. The molecule has 110 valence electrons. The van der Waals surface area contributed by atoms with E-state index in [1.807, 2.05) is 13.1 Å². The Morgan fingerprint density at radius 3 is 3.00 bits per heavy atom. The van der Waals surface area contributed by atoms with E-state index < -0.39 is 0 Å². The number of nitrogens with zero attached hydrogens (tertiary/aromatic N) is 1. The fraction of sp³-hybridized carbons (Fsp3) is 0.625. The van der Waals surface area contributed by atoms with E-state index in [0.29, 0.717) is 0 Å². The average molecular weight is 278 g/mol. The molecule has 0 radical (unpaired) electrons. The molecule has 0 saturated carbocycles. The predicted octanol–water partition coefficient (Wildman–Crippen LogP) is 2.72. The highest BCUT2D eigenvalue weighted by Gasteiger charge is 2.41. The van der Waals surface area contributed by atoms with Crippen molar-refractivity contribution < 1.29 is 9.13 Å². The van der Waals surface area contributed by atoms with E-state index >= 15 is 0 Å². The second kappa shape index (κ2) is 5.34. The molecule has 1 fully saturated rings. The number of nitrogens with one attached hydrogen (secondary N) is 1. The molecular formula is C16H23FN2O. The maximum absolute atomic E-state index is 13.5. The van der Waals surface area contributed by atoms with Gasteiger partial charge in [0, 0.05) is 30.6 Å². The standard InChI is InChI=1S/C16H23FN2O/c1-18-14-11-16(6-3-8-19(2)9-7-16)20-15-10-12(17)4-5-13(14)15/h4-5,10,14,18H,3,6-9,11H2,1-2H3. The molecule has 1 aromatic rings. The zero-order chi connectivity index (χ0) is 14.2. The van der Waals surface area contributed by atoms with Crippen LogP contribution in [0.25, 0.3) is 0 Å². The molecular weight excluding hydrogens is 255 g/mol. The monoisotopic (exact) mass is 278 g/mol. The Balaban J connectivity index is 1.92. The molecule has 3 rings (SSSR count). The third-order valence-electron chi connectivity index (χ3n) is 4.72. The maximum atomic E-state index is 13.5. The highest BCUT2D eigenvalue weighted by molar-refractivity contribution is 5.39. The maximum Gasteiger partial charge on any atom is 0.127 e. The first-order chi connectivity index (χ1) is 9.62. The lowest BCUT2D eigenvalue weighted by Gasteiger charge is -2.42. The summed E-state index contributed by atoms with van der Waals surface area (Å²) in [5.74, 6) is 0.501. The summed E-state index contributed by atoms with van der Waals surface area (Å²) in [5.41, 5.74) is 0.941. The second-order valence-electron chi connectivity index (χ2n) is 6.17. The lowest BCUT2D eigenvalue weighted by atomic mass is 9.82. The Kier molecular flexibility index (Phi) is 3.69. The van der Waals surface area contributed by atoms with Gasteiger partial charge in [0.15, 0.2) is 0 Å². The fourth-order valence-electron chi connectivity index (χ4n) is 3.51. The second-order valence-corrected chi connectivity index (χ2v) is 6.17. The van der Waals surface area contributed by atoms with Gasteiger partial charge in [-0.3, -0.25) is 0 Å². The molecule has 1 saturated heterocycles. The number of ether oxygens (including phenoxy) is 1. The van der Waals surface area contributed by atoms with E-state index in [0.717, 1.165) is 50.1 Å². The van der Waals surface area contributed by atoms with Crippen LogP contribution in [0.15, 0.2) is 18.2 Å². The summed E-state index contributed by atoms with van der Waals surface area (Å²) in [6.07, 6.45) is 4.16. The van der Waals surface area contributed by atoms with E-state index in [1.165, 1.54) is 12.1 Å². The smallest absolute Gasteiger partial charge is 0.127 e. The van der Waals surface area contributed by atoms with Gasteiger partial charge in [-0.2, -0.15) is 0 Å². The van der Waals surface area contributed by atoms with E-state index in [-0.39, 0.29) is 17.5 Å². The molecule has 4 heteroatoms.